The van der Waals surface area contributed by atoms with Crippen LogP contribution in [0.3, 0.4) is 0 Å². The van der Waals surface area contributed by atoms with Gasteiger partial charge in [0.2, 0.25) is 5.91 Å². The van der Waals surface area contributed by atoms with Gasteiger partial charge in [0.05, 0.1) is 25.8 Å². The van der Waals surface area contributed by atoms with Crippen molar-refractivity contribution in [1.82, 2.24) is 0 Å². The predicted molar refractivity (Wildman–Crippen MR) is 74.2 cm³/mol. The minimum absolute atomic E-state index is 0.0844. The number of carbonyl (C=O) groups is 1. The number of carbonyl (C=O) groups excluding carboxylic acids is 1. The number of anilines is 2. The van der Waals surface area contributed by atoms with Gasteiger partial charge in [0.25, 0.3) is 0 Å². The molecule has 1 aliphatic rings. The Hall–Kier alpha value is -1.75. The van der Waals surface area contributed by atoms with Crippen LogP contribution >= 0.6 is 0 Å². The molecule has 1 aromatic carbocycles. The topological polar surface area (TPSA) is 73.6 Å². The second kappa shape index (κ2) is 6.43. The van der Waals surface area contributed by atoms with Crippen LogP contribution in [0.1, 0.15) is 19.3 Å². The van der Waals surface area contributed by atoms with E-state index in [1.165, 1.54) is 12.8 Å². The molecule has 2 rings (SSSR count). The predicted octanol–water partition coefficient (Wildman–Crippen LogP) is 2.03. The Bertz CT molecular complexity index is 444. The largest absolute Gasteiger partial charge is 0.494 e. The van der Waals surface area contributed by atoms with E-state index < -0.39 is 0 Å². The van der Waals surface area contributed by atoms with Crippen molar-refractivity contribution < 1.29 is 14.3 Å². The van der Waals surface area contributed by atoms with Crippen LogP contribution in [-0.2, 0) is 9.53 Å². The van der Waals surface area contributed by atoms with Crippen LogP contribution in [0.2, 0.25) is 0 Å². The lowest BCUT2D eigenvalue weighted by Crippen LogP contribution is -2.15. The molecule has 104 valence electrons. The van der Waals surface area contributed by atoms with E-state index in [0.717, 1.165) is 12.5 Å². The molecule has 0 unspecified atom stereocenters. The first-order valence-corrected chi connectivity index (χ1v) is 6.50. The monoisotopic (exact) mass is 264 g/mol. The Balaban J connectivity index is 1.77. The average Bonchev–Trinajstić information content (AvgIpc) is 3.21. The van der Waals surface area contributed by atoms with E-state index in [0.29, 0.717) is 30.2 Å². The SMILES string of the molecule is COc1cc(N)ccc1NC(=O)CCOCC1CC1. The molecule has 0 bridgehead atoms. The lowest BCUT2D eigenvalue weighted by atomic mass is 10.2. The summed E-state index contributed by atoms with van der Waals surface area (Å²) in [5.41, 5.74) is 6.88. The molecule has 1 saturated carbocycles. The van der Waals surface area contributed by atoms with Crippen molar-refractivity contribution in [2.75, 3.05) is 31.4 Å². The van der Waals surface area contributed by atoms with Gasteiger partial charge in [0.15, 0.2) is 0 Å². The number of nitrogens with one attached hydrogen (secondary N) is 1. The molecule has 19 heavy (non-hydrogen) atoms. The standard InChI is InChI=1S/C14H20N2O3/c1-18-13-8-11(15)4-5-12(13)16-14(17)6-7-19-9-10-2-3-10/h4-5,8,10H,2-3,6-7,9,15H2,1H3,(H,16,17). The molecule has 0 aliphatic heterocycles. The van der Waals surface area contributed by atoms with Gasteiger partial charge in [-0.3, -0.25) is 4.79 Å². The Morgan fingerprint density at radius 1 is 1.47 bits per heavy atom. The summed E-state index contributed by atoms with van der Waals surface area (Å²) < 4.78 is 10.6. The van der Waals surface area contributed by atoms with E-state index in [1.54, 1.807) is 25.3 Å². The maximum Gasteiger partial charge on any atom is 0.226 e. The number of hydrogen-bond acceptors (Lipinski definition) is 4. The third-order valence-electron chi connectivity index (χ3n) is 3.02. The van der Waals surface area contributed by atoms with Gasteiger partial charge in [-0.1, -0.05) is 0 Å². The second-order valence-corrected chi connectivity index (χ2v) is 4.78. The molecule has 5 nitrogen and oxygen atoms in total. The molecule has 0 atom stereocenters. The summed E-state index contributed by atoms with van der Waals surface area (Å²) in [4.78, 5) is 11.7. The number of rotatable bonds is 7. The minimum Gasteiger partial charge on any atom is -0.494 e. The van der Waals surface area contributed by atoms with Crippen LogP contribution < -0.4 is 15.8 Å². The van der Waals surface area contributed by atoms with E-state index >= 15 is 0 Å². The van der Waals surface area contributed by atoms with Crippen LogP contribution in [0.15, 0.2) is 18.2 Å². The van der Waals surface area contributed by atoms with E-state index in [1.807, 2.05) is 0 Å². The number of nitrogen functional groups attached to an aromatic ring is 1. The molecule has 0 heterocycles. The summed E-state index contributed by atoms with van der Waals surface area (Å²) in [5, 5.41) is 2.79. The number of benzene rings is 1. The highest BCUT2D eigenvalue weighted by atomic mass is 16.5. The summed E-state index contributed by atoms with van der Waals surface area (Å²) in [7, 11) is 1.54. The minimum atomic E-state index is -0.0844. The molecule has 0 aromatic heterocycles. The molecule has 1 aliphatic carbocycles. The van der Waals surface area contributed by atoms with Gasteiger partial charge in [0.1, 0.15) is 5.75 Å². The Morgan fingerprint density at radius 3 is 2.95 bits per heavy atom. The number of ether oxygens (including phenoxy) is 2. The lowest BCUT2D eigenvalue weighted by Gasteiger charge is -2.10. The highest BCUT2D eigenvalue weighted by Gasteiger charge is 2.21. The molecular formula is C14H20N2O3. The molecule has 1 aromatic rings. The fraction of sp³-hybridized carbons (Fsp3) is 0.500. The quantitative estimate of drug-likeness (QED) is 0.584. The number of hydrogen-bond donors (Lipinski definition) is 2. The van der Waals surface area contributed by atoms with Crippen molar-refractivity contribution in [3.63, 3.8) is 0 Å². The summed E-state index contributed by atoms with van der Waals surface area (Å²) in [6, 6.07) is 5.14. The lowest BCUT2D eigenvalue weighted by molar-refractivity contribution is -0.117. The Labute approximate surface area is 113 Å². The van der Waals surface area contributed by atoms with E-state index in [-0.39, 0.29) is 5.91 Å². The molecule has 1 fully saturated rings. The molecule has 0 radical (unpaired) electrons. The van der Waals surface area contributed by atoms with Crippen LogP contribution in [0.5, 0.6) is 5.75 Å². The summed E-state index contributed by atoms with van der Waals surface area (Å²) in [6.07, 6.45) is 2.86. The molecule has 1 amide bonds. The van der Waals surface area contributed by atoms with Crippen molar-refractivity contribution in [2.24, 2.45) is 5.92 Å². The molecule has 5 heteroatoms. The molecule has 0 saturated heterocycles. The maximum absolute atomic E-state index is 11.7. The zero-order chi connectivity index (χ0) is 13.7. The third-order valence-corrected chi connectivity index (χ3v) is 3.02. The fourth-order valence-electron chi connectivity index (χ4n) is 1.72. The van der Waals surface area contributed by atoms with Crippen LogP contribution in [0, 0.1) is 5.92 Å². The normalized spacial score (nSPS) is 14.2. The van der Waals surface area contributed by atoms with Crippen molar-refractivity contribution in [2.45, 2.75) is 19.3 Å². The van der Waals surface area contributed by atoms with Crippen molar-refractivity contribution in [3.05, 3.63) is 18.2 Å². The first-order valence-electron chi connectivity index (χ1n) is 6.50. The van der Waals surface area contributed by atoms with Gasteiger partial charge >= 0.3 is 0 Å². The van der Waals surface area contributed by atoms with Gasteiger partial charge in [-0.25, -0.2) is 0 Å². The summed E-state index contributed by atoms with van der Waals surface area (Å²) in [6.45, 7) is 1.23. The van der Waals surface area contributed by atoms with Crippen molar-refractivity contribution >= 4 is 17.3 Å². The number of nitrogens with two attached hydrogens (primary N) is 1. The van der Waals surface area contributed by atoms with Gasteiger partial charge in [0, 0.05) is 18.4 Å². The molecule has 0 spiro atoms. The van der Waals surface area contributed by atoms with Gasteiger partial charge in [-0.15, -0.1) is 0 Å². The van der Waals surface area contributed by atoms with E-state index in [2.05, 4.69) is 5.32 Å². The second-order valence-electron chi connectivity index (χ2n) is 4.78. The van der Waals surface area contributed by atoms with E-state index in [4.69, 9.17) is 15.2 Å². The van der Waals surface area contributed by atoms with E-state index in [9.17, 15) is 4.79 Å². The average molecular weight is 264 g/mol. The van der Waals surface area contributed by atoms with Gasteiger partial charge in [-0.2, -0.15) is 0 Å². The number of amides is 1. The summed E-state index contributed by atoms with van der Waals surface area (Å²) >= 11 is 0. The van der Waals surface area contributed by atoms with Gasteiger partial charge < -0.3 is 20.5 Å². The van der Waals surface area contributed by atoms with Crippen molar-refractivity contribution in [3.8, 4) is 5.75 Å². The molecule has 3 N–H and O–H groups in total. The molecular weight excluding hydrogens is 244 g/mol. The third kappa shape index (κ3) is 4.44. The first kappa shape index (κ1) is 13.7. The van der Waals surface area contributed by atoms with Crippen LogP contribution in [0.4, 0.5) is 11.4 Å². The van der Waals surface area contributed by atoms with Crippen LogP contribution in [0.25, 0.3) is 0 Å². The van der Waals surface area contributed by atoms with Gasteiger partial charge in [-0.05, 0) is 30.9 Å². The van der Waals surface area contributed by atoms with Crippen molar-refractivity contribution in [1.29, 1.82) is 0 Å². The Morgan fingerprint density at radius 2 is 2.26 bits per heavy atom. The maximum atomic E-state index is 11.7. The smallest absolute Gasteiger partial charge is 0.226 e. The highest BCUT2D eigenvalue weighted by molar-refractivity contribution is 5.92. The van der Waals surface area contributed by atoms with Crippen LogP contribution in [-0.4, -0.2) is 26.2 Å². The highest BCUT2D eigenvalue weighted by Crippen LogP contribution is 2.29. The summed E-state index contributed by atoms with van der Waals surface area (Å²) in [5.74, 6) is 1.20. The fourth-order valence-corrected chi connectivity index (χ4v) is 1.72. The zero-order valence-electron chi connectivity index (χ0n) is 11.1. The number of methoxy groups -OCH3 is 1. The first-order chi connectivity index (χ1) is 9.19. The Kier molecular flexibility index (Phi) is 4.63. The zero-order valence-corrected chi connectivity index (χ0v) is 11.1.